The molecule has 1 aliphatic carbocycles. The van der Waals surface area contributed by atoms with Crippen LogP contribution in [0.25, 0.3) is 11.8 Å². The Morgan fingerprint density at radius 1 is 1.13 bits per heavy atom. The average molecular weight is 424 g/mol. The highest BCUT2D eigenvalue weighted by molar-refractivity contribution is 7.80. The fraction of sp³-hybridized carbons (Fsp3) is 0.286. The zero-order chi connectivity index (χ0) is 21.3. The molecule has 1 saturated carbocycles. The molecule has 0 radical (unpaired) electrons. The lowest BCUT2D eigenvalue weighted by Crippen LogP contribution is -2.57. The molecule has 30 heavy (non-hydrogen) atoms. The molecule has 1 aromatic carbocycles. The number of rotatable bonds is 4. The van der Waals surface area contributed by atoms with Crippen LogP contribution < -0.4 is 5.32 Å². The summed E-state index contributed by atoms with van der Waals surface area (Å²) in [6, 6.07) is 9.64. The van der Waals surface area contributed by atoms with Crippen LogP contribution in [0, 0.1) is 10.1 Å². The minimum Gasteiger partial charge on any atom is -0.317 e. The van der Waals surface area contributed by atoms with Gasteiger partial charge >= 0.3 is 0 Å². The van der Waals surface area contributed by atoms with Crippen molar-refractivity contribution >= 4 is 40.9 Å². The van der Waals surface area contributed by atoms with Crippen LogP contribution in [0.15, 0.2) is 48.2 Å². The Hall–Kier alpha value is -3.33. The maximum absolute atomic E-state index is 13.2. The van der Waals surface area contributed by atoms with E-state index in [9.17, 15) is 19.7 Å². The van der Waals surface area contributed by atoms with E-state index < -0.39 is 16.7 Å². The second kappa shape index (κ2) is 8.19. The third kappa shape index (κ3) is 3.76. The predicted octanol–water partition coefficient (Wildman–Crippen LogP) is 3.34. The van der Waals surface area contributed by atoms with Crippen molar-refractivity contribution in [2.24, 2.45) is 0 Å². The van der Waals surface area contributed by atoms with E-state index in [1.165, 1.54) is 23.1 Å². The lowest BCUT2D eigenvalue weighted by atomic mass is 9.93. The fourth-order valence-electron chi connectivity index (χ4n) is 3.99. The SMILES string of the molecule is O=C1NC(=S)N(C2CCCCC2)C(=O)/C1=C\c1cccn1-c1cccc([N+](=O)[O-])c1. The van der Waals surface area contributed by atoms with Gasteiger partial charge in [0.15, 0.2) is 5.11 Å². The Bertz CT molecular complexity index is 1070. The maximum atomic E-state index is 13.2. The molecule has 0 atom stereocenters. The summed E-state index contributed by atoms with van der Waals surface area (Å²) in [5, 5.41) is 13.9. The quantitative estimate of drug-likeness (QED) is 0.267. The Labute approximate surface area is 178 Å². The van der Waals surface area contributed by atoms with Gasteiger partial charge in [-0.2, -0.15) is 0 Å². The second-order valence-electron chi connectivity index (χ2n) is 7.36. The summed E-state index contributed by atoms with van der Waals surface area (Å²) in [7, 11) is 0. The Kier molecular flexibility index (Phi) is 5.45. The molecule has 0 unspecified atom stereocenters. The molecule has 1 saturated heterocycles. The fourth-order valence-corrected chi connectivity index (χ4v) is 4.32. The molecular formula is C21H20N4O4S. The Balaban J connectivity index is 1.69. The first kappa shape index (κ1) is 20.0. The molecule has 1 N–H and O–H groups in total. The number of carbonyl (C=O) groups excluding carboxylic acids is 2. The highest BCUT2D eigenvalue weighted by atomic mass is 32.1. The molecule has 2 aromatic rings. The number of thiocarbonyl (C=S) groups is 1. The minimum absolute atomic E-state index is 0.000413. The third-order valence-electron chi connectivity index (χ3n) is 5.46. The number of aromatic nitrogens is 1. The largest absolute Gasteiger partial charge is 0.317 e. The van der Waals surface area contributed by atoms with Gasteiger partial charge in [-0.1, -0.05) is 25.3 Å². The van der Waals surface area contributed by atoms with Crippen molar-refractivity contribution in [2.45, 2.75) is 38.1 Å². The number of hydrogen-bond acceptors (Lipinski definition) is 5. The van der Waals surface area contributed by atoms with Crippen LogP contribution in [0.2, 0.25) is 0 Å². The van der Waals surface area contributed by atoms with Gasteiger partial charge in [-0.25, -0.2) is 0 Å². The smallest absolute Gasteiger partial charge is 0.271 e. The zero-order valence-corrected chi connectivity index (χ0v) is 16.9. The van der Waals surface area contributed by atoms with Gasteiger partial charge in [0.2, 0.25) is 0 Å². The van der Waals surface area contributed by atoms with Gasteiger partial charge < -0.3 is 4.57 Å². The number of nitrogens with one attached hydrogen (secondary N) is 1. The summed E-state index contributed by atoms with van der Waals surface area (Å²) < 4.78 is 1.69. The topological polar surface area (TPSA) is 97.5 Å². The monoisotopic (exact) mass is 424 g/mol. The average Bonchev–Trinajstić information content (AvgIpc) is 3.20. The van der Waals surface area contributed by atoms with Crippen molar-refractivity contribution in [3.63, 3.8) is 0 Å². The number of nitro benzene ring substituents is 1. The molecule has 1 aliphatic heterocycles. The van der Waals surface area contributed by atoms with Crippen molar-refractivity contribution in [1.29, 1.82) is 0 Å². The number of amides is 2. The molecule has 8 nitrogen and oxygen atoms in total. The van der Waals surface area contributed by atoms with Gasteiger partial charge in [-0.15, -0.1) is 0 Å². The van der Waals surface area contributed by atoms with Gasteiger partial charge in [-0.3, -0.25) is 29.9 Å². The van der Waals surface area contributed by atoms with Crippen molar-refractivity contribution in [2.75, 3.05) is 0 Å². The van der Waals surface area contributed by atoms with Crippen molar-refractivity contribution in [3.8, 4) is 5.69 Å². The van der Waals surface area contributed by atoms with Crippen LogP contribution in [0.3, 0.4) is 0 Å². The van der Waals surface area contributed by atoms with Crippen LogP contribution in [0.5, 0.6) is 0 Å². The van der Waals surface area contributed by atoms with Gasteiger partial charge in [0.25, 0.3) is 17.5 Å². The van der Waals surface area contributed by atoms with E-state index in [0.29, 0.717) is 11.4 Å². The van der Waals surface area contributed by atoms with Crippen LogP contribution in [0.4, 0.5) is 5.69 Å². The summed E-state index contributed by atoms with van der Waals surface area (Å²) in [5.41, 5.74) is 1.08. The van der Waals surface area contributed by atoms with Crippen LogP contribution in [0.1, 0.15) is 37.8 Å². The minimum atomic E-state index is -0.538. The first-order valence-electron chi connectivity index (χ1n) is 9.78. The summed E-state index contributed by atoms with van der Waals surface area (Å²) in [4.78, 5) is 37.9. The van der Waals surface area contributed by atoms with E-state index in [4.69, 9.17) is 12.2 Å². The molecule has 2 heterocycles. The molecule has 0 spiro atoms. The van der Waals surface area contributed by atoms with Crippen LogP contribution in [-0.2, 0) is 9.59 Å². The molecular weight excluding hydrogens is 404 g/mol. The Morgan fingerprint density at radius 3 is 2.63 bits per heavy atom. The first-order valence-corrected chi connectivity index (χ1v) is 10.2. The normalized spacial score (nSPS) is 19.3. The summed E-state index contributed by atoms with van der Waals surface area (Å²) in [5.74, 6) is -0.939. The highest BCUT2D eigenvalue weighted by Gasteiger charge is 2.38. The van der Waals surface area contributed by atoms with Crippen LogP contribution in [-0.4, -0.2) is 37.4 Å². The molecule has 2 amide bonds. The maximum Gasteiger partial charge on any atom is 0.271 e. The molecule has 2 fully saturated rings. The number of benzene rings is 1. The van der Waals surface area contributed by atoms with Gasteiger partial charge in [0.1, 0.15) is 5.57 Å². The second-order valence-corrected chi connectivity index (χ2v) is 7.75. The van der Waals surface area contributed by atoms with E-state index in [0.717, 1.165) is 32.1 Å². The highest BCUT2D eigenvalue weighted by Crippen LogP contribution is 2.27. The Morgan fingerprint density at radius 2 is 1.90 bits per heavy atom. The van der Waals surface area contributed by atoms with Gasteiger partial charge in [-0.05, 0) is 49.3 Å². The van der Waals surface area contributed by atoms with Gasteiger partial charge in [0, 0.05) is 30.1 Å². The molecule has 0 bridgehead atoms. The number of carbonyl (C=O) groups is 2. The predicted molar refractivity (Wildman–Crippen MR) is 115 cm³/mol. The molecule has 9 heteroatoms. The first-order chi connectivity index (χ1) is 14.5. The summed E-state index contributed by atoms with van der Waals surface area (Å²) in [6.07, 6.45) is 8.14. The summed E-state index contributed by atoms with van der Waals surface area (Å²) >= 11 is 5.28. The number of nitro groups is 1. The van der Waals surface area contributed by atoms with E-state index in [1.807, 2.05) is 0 Å². The molecule has 1 aromatic heterocycles. The van der Waals surface area contributed by atoms with E-state index >= 15 is 0 Å². The standard InChI is InChI=1S/C21H20N4O4S/c26-19-18(20(27)24(21(30)22-19)14-6-2-1-3-7-14)13-16-10-5-11-23(16)15-8-4-9-17(12-15)25(28)29/h4-5,8-14H,1-3,6-7H2,(H,22,26,30)/b18-13-. The van der Waals surface area contributed by atoms with Crippen LogP contribution >= 0.6 is 12.2 Å². The molecule has 4 rings (SSSR count). The van der Waals surface area contributed by atoms with Crippen molar-refractivity contribution in [1.82, 2.24) is 14.8 Å². The number of nitrogens with zero attached hydrogens (tertiary/aromatic N) is 3. The number of non-ortho nitro benzene ring substituents is 1. The summed E-state index contributed by atoms with van der Waals surface area (Å²) in [6.45, 7) is 0. The van der Waals surface area contributed by atoms with E-state index in [1.54, 1.807) is 35.0 Å². The van der Waals surface area contributed by atoms with E-state index in [-0.39, 0.29) is 22.4 Å². The lowest BCUT2D eigenvalue weighted by Gasteiger charge is -2.37. The van der Waals surface area contributed by atoms with Crippen molar-refractivity contribution < 1.29 is 14.5 Å². The molecule has 2 aliphatic rings. The van der Waals surface area contributed by atoms with Crippen molar-refractivity contribution in [3.05, 3.63) is 64.0 Å². The zero-order valence-electron chi connectivity index (χ0n) is 16.1. The third-order valence-corrected chi connectivity index (χ3v) is 5.76. The number of hydrogen-bond donors (Lipinski definition) is 1. The van der Waals surface area contributed by atoms with E-state index in [2.05, 4.69) is 5.32 Å². The molecule has 154 valence electrons. The lowest BCUT2D eigenvalue weighted by molar-refractivity contribution is -0.384. The van der Waals surface area contributed by atoms with Gasteiger partial charge in [0.05, 0.1) is 10.6 Å².